The molecule has 0 aromatic heterocycles. The van der Waals surface area contributed by atoms with Crippen molar-refractivity contribution in [1.82, 2.24) is 0 Å². The van der Waals surface area contributed by atoms with Gasteiger partial charge in [0.25, 0.3) is 0 Å². The molecule has 0 bridgehead atoms. The van der Waals surface area contributed by atoms with E-state index in [-0.39, 0.29) is 5.88 Å². The van der Waals surface area contributed by atoms with Crippen LogP contribution < -0.4 is 0 Å². The van der Waals surface area contributed by atoms with Gasteiger partial charge in [0, 0.05) is 12.3 Å². The molecular weight excluding hydrogens is 177 g/mol. The molecule has 0 rings (SSSR count). The molecular formula is C7H12ClF3. The normalized spacial score (nSPS) is 18.0. The lowest BCUT2D eigenvalue weighted by Crippen LogP contribution is -2.26. The van der Waals surface area contributed by atoms with Crippen LogP contribution in [-0.4, -0.2) is 12.1 Å². The Balaban J connectivity index is 4.08. The monoisotopic (exact) mass is 188 g/mol. The summed E-state index contributed by atoms with van der Waals surface area (Å²) in [6.45, 7) is 3.27. The van der Waals surface area contributed by atoms with Crippen LogP contribution in [0.3, 0.4) is 0 Å². The minimum Gasteiger partial charge on any atom is -0.171 e. The molecule has 0 saturated carbocycles. The van der Waals surface area contributed by atoms with Gasteiger partial charge < -0.3 is 0 Å². The van der Waals surface area contributed by atoms with Gasteiger partial charge in [-0.3, -0.25) is 0 Å². The van der Waals surface area contributed by atoms with Crippen molar-refractivity contribution < 1.29 is 13.2 Å². The fourth-order valence-corrected chi connectivity index (χ4v) is 1.03. The van der Waals surface area contributed by atoms with Crippen molar-refractivity contribution in [3.05, 3.63) is 0 Å². The van der Waals surface area contributed by atoms with Crippen molar-refractivity contribution in [2.75, 3.05) is 5.88 Å². The Kier molecular flexibility index (Phi) is 3.68. The molecule has 0 amide bonds. The number of halogens is 4. The van der Waals surface area contributed by atoms with Gasteiger partial charge in [-0.2, -0.15) is 13.2 Å². The molecule has 0 nitrogen and oxygen atoms in total. The third kappa shape index (κ3) is 4.51. The second-order valence-electron chi connectivity index (χ2n) is 3.09. The van der Waals surface area contributed by atoms with E-state index in [4.69, 9.17) is 11.6 Å². The molecule has 1 unspecified atom stereocenters. The second kappa shape index (κ2) is 3.65. The molecule has 0 radical (unpaired) electrons. The van der Waals surface area contributed by atoms with E-state index in [1.807, 2.05) is 0 Å². The average molecular weight is 189 g/mol. The van der Waals surface area contributed by atoms with E-state index >= 15 is 0 Å². The van der Waals surface area contributed by atoms with Crippen molar-refractivity contribution in [3.8, 4) is 0 Å². The topological polar surface area (TPSA) is 0 Å². The fraction of sp³-hybridized carbons (Fsp3) is 1.00. The first-order valence-corrected chi connectivity index (χ1v) is 3.99. The summed E-state index contributed by atoms with van der Waals surface area (Å²) in [5.74, 6) is 0.0585. The Morgan fingerprint density at radius 3 is 1.82 bits per heavy atom. The molecule has 0 aliphatic heterocycles. The van der Waals surface area contributed by atoms with Gasteiger partial charge >= 0.3 is 6.18 Å². The van der Waals surface area contributed by atoms with Gasteiger partial charge in [0.05, 0.1) is 0 Å². The van der Waals surface area contributed by atoms with Gasteiger partial charge in [-0.25, -0.2) is 0 Å². The Labute approximate surface area is 69.7 Å². The molecule has 0 saturated heterocycles. The van der Waals surface area contributed by atoms with Crippen LogP contribution in [-0.2, 0) is 0 Å². The van der Waals surface area contributed by atoms with E-state index in [2.05, 4.69) is 0 Å². The van der Waals surface area contributed by atoms with E-state index in [0.717, 1.165) is 0 Å². The maximum atomic E-state index is 11.9. The Bertz CT molecular complexity index is 115. The minimum atomic E-state index is -4.10. The average Bonchev–Trinajstić information content (AvgIpc) is 1.84. The summed E-state index contributed by atoms with van der Waals surface area (Å²) in [5, 5.41) is 0. The second-order valence-corrected chi connectivity index (χ2v) is 3.36. The molecule has 0 spiro atoms. The summed E-state index contributed by atoms with van der Waals surface area (Å²) >= 11 is 5.41. The maximum Gasteiger partial charge on any atom is 0.389 e. The van der Waals surface area contributed by atoms with Crippen molar-refractivity contribution in [1.29, 1.82) is 0 Å². The first kappa shape index (κ1) is 11.1. The van der Waals surface area contributed by atoms with Crippen LogP contribution in [0.4, 0.5) is 13.2 Å². The van der Waals surface area contributed by atoms with Crippen molar-refractivity contribution >= 4 is 11.6 Å². The third-order valence-electron chi connectivity index (χ3n) is 1.80. The highest BCUT2D eigenvalue weighted by Crippen LogP contribution is 2.36. The Morgan fingerprint density at radius 2 is 1.73 bits per heavy atom. The molecule has 4 heteroatoms. The molecule has 0 N–H and O–H groups in total. The lowest BCUT2D eigenvalue weighted by molar-refractivity contribution is -0.154. The van der Waals surface area contributed by atoms with Crippen LogP contribution in [0.15, 0.2) is 0 Å². The summed E-state index contributed by atoms with van der Waals surface area (Å²) in [5.41, 5.74) is -0.792. The zero-order valence-corrected chi connectivity index (χ0v) is 7.39. The molecule has 0 aromatic rings. The molecule has 0 heterocycles. The number of hydrogen-bond acceptors (Lipinski definition) is 0. The summed E-state index contributed by atoms with van der Waals surface area (Å²) in [4.78, 5) is 0. The van der Waals surface area contributed by atoms with Gasteiger partial charge in [0.1, 0.15) is 0 Å². The van der Waals surface area contributed by atoms with Crippen LogP contribution >= 0.6 is 11.6 Å². The van der Waals surface area contributed by atoms with Crippen molar-refractivity contribution in [2.24, 2.45) is 5.41 Å². The lowest BCUT2D eigenvalue weighted by atomic mass is 9.86. The van der Waals surface area contributed by atoms with Crippen molar-refractivity contribution in [2.45, 2.75) is 32.9 Å². The molecule has 1 atom stereocenters. The largest absolute Gasteiger partial charge is 0.389 e. The predicted octanol–water partition coefficient (Wildman–Crippen LogP) is 3.59. The van der Waals surface area contributed by atoms with Gasteiger partial charge in [-0.1, -0.05) is 13.8 Å². The fourth-order valence-electron chi connectivity index (χ4n) is 0.751. The summed E-state index contributed by atoms with van der Waals surface area (Å²) < 4.78 is 35.6. The standard InChI is InChI=1S/C7H12ClF3/c1-3-6(2,5-8)4-7(9,10)11/h3-5H2,1-2H3. The highest BCUT2D eigenvalue weighted by molar-refractivity contribution is 6.18. The van der Waals surface area contributed by atoms with Crippen LogP contribution in [0.5, 0.6) is 0 Å². The van der Waals surface area contributed by atoms with Gasteiger partial charge in [0.2, 0.25) is 0 Å². The minimum absolute atomic E-state index is 0.0585. The van der Waals surface area contributed by atoms with E-state index in [1.165, 1.54) is 0 Å². The third-order valence-corrected chi connectivity index (χ3v) is 2.45. The van der Waals surface area contributed by atoms with E-state index in [0.29, 0.717) is 6.42 Å². The number of rotatable bonds is 3. The van der Waals surface area contributed by atoms with Gasteiger partial charge in [-0.15, -0.1) is 11.6 Å². The summed E-state index contributed by atoms with van der Waals surface area (Å²) in [6.07, 6.45) is -4.43. The van der Waals surface area contributed by atoms with Crippen LogP contribution in [0.2, 0.25) is 0 Å². The van der Waals surface area contributed by atoms with Crippen LogP contribution in [0, 0.1) is 5.41 Å². The molecule has 0 aliphatic rings. The highest BCUT2D eigenvalue weighted by atomic mass is 35.5. The summed E-state index contributed by atoms with van der Waals surface area (Å²) in [7, 11) is 0. The molecule has 0 aliphatic carbocycles. The smallest absolute Gasteiger partial charge is 0.171 e. The van der Waals surface area contributed by atoms with E-state index in [1.54, 1.807) is 13.8 Å². The first-order chi connectivity index (χ1) is 4.83. The molecule has 0 aromatic carbocycles. The SMILES string of the molecule is CCC(C)(CCl)CC(F)(F)F. The zero-order chi connectivity index (χ0) is 9.12. The number of hydrogen-bond donors (Lipinski definition) is 0. The number of alkyl halides is 4. The molecule has 68 valence electrons. The quantitative estimate of drug-likeness (QED) is 0.594. The summed E-state index contributed by atoms with van der Waals surface area (Å²) in [6, 6.07) is 0. The van der Waals surface area contributed by atoms with Gasteiger partial charge in [0.15, 0.2) is 0 Å². The van der Waals surface area contributed by atoms with Crippen molar-refractivity contribution in [3.63, 3.8) is 0 Å². The predicted molar refractivity (Wildman–Crippen MR) is 39.8 cm³/mol. The molecule has 11 heavy (non-hydrogen) atoms. The molecule has 0 fully saturated rings. The highest BCUT2D eigenvalue weighted by Gasteiger charge is 2.37. The van der Waals surface area contributed by atoms with E-state index < -0.39 is 18.0 Å². The zero-order valence-electron chi connectivity index (χ0n) is 6.63. The lowest BCUT2D eigenvalue weighted by Gasteiger charge is -2.26. The maximum absolute atomic E-state index is 11.9. The van der Waals surface area contributed by atoms with Crippen LogP contribution in [0.1, 0.15) is 26.7 Å². The Hall–Kier alpha value is 0.0800. The first-order valence-electron chi connectivity index (χ1n) is 3.46. The van der Waals surface area contributed by atoms with Gasteiger partial charge in [-0.05, 0) is 11.8 Å². The van der Waals surface area contributed by atoms with E-state index in [9.17, 15) is 13.2 Å². The van der Waals surface area contributed by atoms with Crippen LogP contribution in [0.25, 0.3) is 0 Å². The Morgan fingerprint density at radius 1 is 1.27 bits per heavy atom.